The molecule has 23 heavy (non-hydrogen) atoms. The van der Waals surface area contributed by atoms with Gasteiger partial charge in [-0.05, 0) is 32.8 Å². The van der Waals surface area contributed by atoms with Crippen LogP contribution in [0.4, 0.5) is 13.2 Å². The Hall–Kier alpha value is -2.12. The maximum absolute atomic E-state index is 12.6. The highest BCUT2D eigenvalue weighted by Crippen LogP contribution is 2.28. The zero-order chi connectivity index (χ0) is 17.0. The molecule has 0 aromatic carbocycles. The van der Waals surface area contributed by atoms with Gasteiger partial charge in [0.2, 0.25) is 5.91 Å². The van der Waals surface area contributed by atoms with E-state index in [2.05, 4.69) is 9.97 Å². The summed E-state index contributed by atoms with van der Waals surface area (Å²) >= 11 is 0. The molecule has 1 unspecified atom stereocenters. The van der Waals surface area contributed by atoms with Crippen molar-refractivity contribution in [1.29, 1.82) is 0 Å². The van der Waals surface area contributed by atoms with Crippen LogP contribution in [0.25, 0.3) is 0 Å². The van der Waals surface area contributed by atoms with Gasteiger partial charge >= 0.3 is 12.2 Å². The van der Waals surface area contributed by atoms with Crippen LogP contribution in [-0.2, 0) is 11.0 Å². The van der Waals surface area contributed by atoms with Crippen LogP contribution in [0.15, 0.2) is 23.9 Å². The van der Waals surface area contributed by atoms with Crippen molar-refractivity contribution >= 4 is 5.91 Å². The number of allylic oxidation sites excluding steroid dienone is 1. The molecule has 0 spiro atoms. The number of piperidine rings is 1. The van der Waals surface area contributed by atoms with Crippen LogP contribution in [0.2, 0.25) is 0 Å². The number of amides is 1. The number of alkyl halides is 3. The lowest BCUT2D eigenvalue weighted by Gasteiger charge is -2.31. The van der Waals surface area contributed by atoms with E-state index in [0.29, 0.717) is 25.9 Å². The van der Waals surface area contributed by atoms with Crippen molar-refractivity contribution in [2.75, 3.05) is 13.1 Å². The van der Waals surface area contributed by atoms with Crippen molar-refractivity contribution in [2.45, 2.75) is 39.0 Å². The molecule has 5 nitrogen and oxygen atoms in total. The third-order valence-electron chi connectivity index (χ3n) is 3.30. The lowest BCUT2D eigenvalue weighted by Crippen LogP contribution is -2.44. The Bertz CT molecular complexity index is 598. The summed E-state index contributed by atoms with van der Waals surface area (Å²) in [5, 5.41) is 0. The fraction of sp³-hybridized carbons (Fsp3) is 0.533. The molecular weight excluding hydrogens is 311 g/mol. The standard InChI is InChI=1S/C15H18F3N3O2/c1-10(2)8-13(22)21-7-3-4-11(9-21)23-14-19-6-5-12(20-14)15(16,17)18/h5-6,8,11H,3-4,7,9H2,1-2H3. The Morgan fingerprint density at radius 2 is 2.17 bits per heavy atom. The molecule has 1 saturated heterocycles. The van der Waals surface area contributed by atoms with Crippen LogP contribution >= 0.6 is 0 Å². The normalized spacial score (nSPS) is 18.5. The zero-order valence-electron chi connectivity index (χ0n) is 12.9. The second kappa shape index (κ2) is 6.97. The van der Waals surface area contributed by atoms with Crippen molar-refractivity contribution in [2.24, 2.45) is 0 Å². The molecule has 2 heterocycles. The van der Waals surface area contributed by atoms with E-state index in [1.54, 1.807) is 4.90 Å². The van der Waals surface area contributed by atoms with Crippen molar-refractivity contribution in [3.05, 3.63) is 29.6 Å². The van der Waals surface area contributed by atoms with Crippen LogP contribution < -0.4 is 4.74 Å². The van der Waals surface area contributed by atoms with E-state index in [-0.39, 0.29) is 11.9 Å². The molecule has 0 radical (unpaired) electrons. The molecule has 1 atom stereocenters. The monoisotopic (exact) mass is 329 g/mol. The molecule has 8 heteroatoms. The maximum atomic E-state index is 12.6. The molecule has 1 amide bonds. The molecule has 0 saturated carbocycles. The summed E-state index contributed by atoms with van der Waals surface area (Å²) in [7, 11) is 0. The van der Waals surface area contributed by atoms with Crippen molar-refractivity contribution in [3.63, 3.8) is 0 Å². The van der Waals surface area contributed by atoms with Gasteiger partial charge in [0.1, 0.15) is 6.10 Å². The molecule has 1 fully saturated rings. The lowest BCUT2D eigenvalue weighted by atomic mass is 10.1. The van der Waals surface area contributed by atoms with Crippen LogP contribution in [0, 0.1) is 0 Å². The van der Waals surface area contributed by atoms with Crippen LogP contribution in [-0.4, -0.2) is 40.0 Å². The second-order valence-corrected chi connectivity index (χ2v) is 5.61. The predicted molar refractivity (Wildman–Crippen MR) is 76.7 cm³/mol. The average Bonchev–Trinajstić information content (AvgIpc) is 2.46. The highest BCUT2D eigenvalue weighted by Gasteiger charge is 2.33. The van der Waals surface area contributed by atoms with Gasteiger partial charge in [0, 0.05) is 18.8 Å². The first-order valence-electron chi connectivity index (χ1n) is 7.26. The molecule has 1 aliphatic heterocycles. The highest BCUT2D eigenvalue weighted by atomic mass is 19.4. The molecular formula is C15H18F3N3O2. The minimum absolute atomic E-state index is 0.122. The minimum atomic E-state index is -4.54. The van der Waals surface area contributed by atoms with Crippen molar-refractivity contribution < 1.29 is 22.7 Å². The molecule has 2 rings (SSSR count). The Labute approximate surface area is 132 Å². The number of ether oxygens (including phenoxy) is 1. The lowest BCUT2D eigenvalue weighted by molar-refractivity contribution is -0.141. The third-order valence-corrected chi connectivity index (χ3v) is 3.30. The average molecular weight is 329 g/mol. The molecule has 0 bridgehead atoms. The molecule has 1 aromatic heterocycles. The SMILES string of the molecule is CC(C)=CC(=O)N1CCCC(Oc2nccc(C(F)(F)F)n2)C1. The van der Waals surface area contributed by atoms with Gasteiger partial charge in [-0.2, -0.15) is 18.2 Å². The first kappa shape index (κ1) is 17.2. The van der Waals surface area contributed by atoms with Crippen molar-refractivity contribution in [3.8, 4) is 6.01 Å². The van der Waals surface area contributed by atoms with E-state index in [1.165, 1.54) is 6.08 Å². The predicted octanol–water partition coefficient (Wildman–Crippen LogP) is 2.83. The van der Waals surface area contributed by atoms with Crippen LogP contribution in [0.1, 0.15) is 32.4 Å². The largest absolute Gasteiger partial charge is 0.458 e. The smallest absolute Gasteiger partial charge is 0.433 e. The summed E-state index contributed by atoms with van der Waals surface area (Å²) in [6, 6.07) is 0.472. The van der Waals surface area contributed by atoms with Gasteiger partial charge in [0.15, 0.2) is 5.69 Å². The quantitative estimate of drug-likeness (QED) is 0.800. The molecule has 1 aromatic rings. The first-order valence-corrected chi connectivity index (χ1v) is 7.26. The number of aromatic nitrogens is 2. The van der Waals surface area contributed by atoms with E-state index >= 15 is 0 Å². The van der Waals surface area contributed by atoms with E-state index < -0.39 is 18.0 Å². The summed E-state index contributed by atoms with van der Waals surface area (Å²) in [6.45, 7) is 4.56. The van der Waals surface area contributed by atoms with Gasteiger partial charge in [-0.15, -0.1) is 0 Å². The van der Waals surface area contributed by atoms with Crippen molar-refractivity contribution in [1.82, 2.24) is 14.9 Å². The number of hydrogen-bond acceptors (Lipinski definition) is 4. The topological polar surface area (TPSA) is 55.3 Å². The molecule has 0 N–H and O–H groups in total. The van der Waals surface area contributed by atoms with Gasteiger partial charge in [-0.3, -0.25) is 4.79 Å². The number of likely N-dealkylation sites (tertiary alicyclic amines) is 1. The van der Waals surface area contributed by atoms with Crippen LogP contribution in [0.5, 0.6) is 6.01 Å². The fourth-order valence-electron chi connectivity index (χ4n) is 2.28. The van der Waals surface area contributed by atoms with Gasteiger partial charge in [0.05, 0.1) is 6.54 Å². The maximum Gasteiger partial charge on any atom is 0.433 e. The highest BCUT2D eigenvalue weighted by molar-refractivity contribution is 5.88. The van der Waals surface area contributed by atoms with E-state index in [1.807, 2.05) is 13.8 Å². The molecule has 1 aliphatic rings. The Morgan fingerprint density at radius 3 is 2.83 bits per heavy atom. The molecule has 126 valence electrons. The molecule has 0 aliphatic carbocycles. The fourth-order valence-corrected chi connectivity index (χ4v) is 2.28. The second-order valence-electron chi connectivity index (χ2n) is 5.61. The van der Waals surface area contributed by atoms with Crippen LogP contribution in [0.3, 0.4) is 0 Å². The van der Waals surface area contributed by atoms with E-state index in [9.17, 15) is 18.0 Å². The number of carbonyl (C=O) groups is 1. The summed E-state index contributed by atoms with van der Waals surface area (Å²) in [5.41, 5.74) is -0.157. The number of nitrogens with zero attached hydrogens (tertiary/aromatic N) is 3. The van der Waals surface area contributed by atoms with E-state index in [0.717, 1.165) is 17.8 Å². The summed E-state index contributed by atoms with van der Waals surface area (Å²) in [4.78, 5) is 20.7. The number of hydrogen-bond donors (Lipinski definition) is 0. The van der Waals surface area contributed by atoms with Gasteiger partial charge < -0.3 is 9.64 Å². The Morgan fingerprint density at radius 1 is 1.43 bits per heavy atom. The number of rotatable bonds is 3. The first-order chi connectivity index (χ1) is 10.8. The summed E-state index contributed by atoms with van der Waals surface area (Å²) in [6.07, 6.45) is -1.06. The Balaban J connectivity index is 2.03. The van der Waals surface area contributed by atoms with E-state index in [4.69, 9.17) is 4.74 Å². The number of halogens is 3. The summed E-state index contributed by atoms with van der Waals surface area (Å²) < 4.78 is 43.3. The Kier molecular flexibility index (Phi) is 5.23. The van der Waals surface area contributed by atoms with Gasteiger partial charge in [-0.25, -0.2) is 4.98 Å². The van der Waals surface area contributed by atoms with Gasteiger partial charge in [0.25, 0.3) is 0 Å². The summed E-state index contributed by atoms with van der Waals surface area (Å²) in [5.74, 6) is -0.122. The zero-order valence-corrected chi connectivity index (χ0v) is 12.9. The van der Waals surface area contributed by atoms with Gasteiger partial charge in [-0.1, -0.05) is 5.57 Å². The third kappa shape index (κ3) is 4.94. The number of carbonyl (C=O) groups excluding carboxylic acids is 1. The minimum Gasteiger partial charge on any atom is -0.458 e.